The van der Waals surface area contributed by atoms with Crippen LogP contribution in [-0.2, 0) is 9.53 Å². The van der Waals surface area contributed by atoms with Crippen molar-refractivity contribution < 1.29 is 19.4 Å². The summed E-state index contributed by atoms with van der Waals surface area (Å²) >= 11 is 6.00. The third-order valence-electron chi connectivity index (χ3n) is 3.65. The summed E-state index contributed by atoms with van der Waals surface area (Å²) in [6.07, 6.45) is -0.177. The van der Waals surface area contributed by atoms with Crippen molar-refractivity contribution in [1.82, 2.24) is 4.90 Å². The first-order chi connectivity index (χ1) is 11.2. The lowest BCUT2D eigenvalue weighted by Gasteiger charge is -2.41. The molecule has 1 saturated heterocycles. The van der Waals surface area contributed by atoms with E-state index in [0.717, 1.165) is 0 Å². The van der Waals surface area contributed by atoms with Crippen LogP contribution < -0.4 is 4.90 Å². The van der Waals surface area contributed by atoms with E-state index in [1.165, 1.54) is 4.90 Å². The van der Waals surface area contributed by atoms with Gasteiger partial charge < -0.3 is 14.7 Å². The quantitative estimate of drug-likeness (QED) is 0.906. The largest absolute Gasteiger partial charge is 0.444 e. The third-order valence-corrected chi connectivity index (χ3v) is 3.89. The molecule has 7 heteroatoms. The van der Waals surface area contributed by atoms with Crippen molar-refractivity contribution in [2.24, 2.45) is 0 Å². The minimum atomic E-state index is -0.645. The van der Waals surface area contributed by atoms with Gasteiger partial charge in [-0.15, -0.1) is 0 Å². The highest BCUT2D eigenvalue weighted by Gasteiger charge is 2.37. The number of halogens is 1. The van der Waals surface area contributed by atoms with Crippen molar-refractivity contribution >= 4 is 29.3 Å². The molecule has 1 atom stereocenters. The second kappa shape index (κ2) is 7.40. The number of amides is 2. The minimum Gasteiger partial charge on any atom is -0.444 e. The second-order valence-corrected chi connectivity index (χ2v) is 7.19. The Morgan fingerprint density at radius 3 is 2.71 bits per heavy atom. The van der Waals surface area contributed by atoms with E-state index >= 15 is 0 Å². The number of hydrogen-bond donors (Lipinski definition) is 1. The zero-order valence-electron chi connectivity index (χ0n) is 14.2. The first-order valence-corrected chi connectivity index (χ1v) is 8.25. The van der Waals surface area contributed by atoms with E-state index in [1.807, 2.05) is 0 Å². The third kappa shape index (κ3) is 4.61. The number of anilines is 1. The number of nitrogens with zero attached hydrogens (tertiary/aromatic N) is 2. The molecule has 24 heavy (non-hydrogen) atoms. The van der Waals surface area contributed by atoms with Gasteiger partial charge in [0, 0.05) is 23.9 Å². The Hall–Kier alpha value is -1.79. The van der Waals surface area contributed by atoms with Crippen LogP contribution in [0, 0.1) is 0 Å². The fourth-order valence-corrected chi connectivity index (χ4v) is 2.78. The van der Waals surface area contributed by atoms with Gasteiger partial charge in [-0.3, -0.25) is 9.69 Å². The number of piperazine rings is 1. The first kappa shape index (κ1) is 18.5. The fourth-order valence-electron chi connectivity index (χ4n) is 2.60. The number of rotatable bonds is 3. The number of aliphatic hydroxyl groups is 1. The Labute approximate surface area is 146 Å². The predicted molar refractivity (Wildman–Crippen MR) is 92.2 cm³/mol. The molecule has 0 saturated carbocycles. The normalized spacial score (nSPS) is 18.7. The van der Waals surface area contributed by atoms with E-state index in [-0.39, 0.29) is 25.1 Å². The van der Waals surface area contributed by atoms with Crippen LogP contribution in [0.1, 0.15) is 27.2 Å². The van der Waals surface area contributed by atoms with E-state index < -0.39 is 11.7 Å². The van der Waals surface area contributed by atoms with E-state index in [4.69, 9.17) is 16.3 Å². The zero-order valence-corrected chi connectivity index (χ0v) is 14.9. The number of ether oxygens (including phenoxy) is 1. The lowest BCUT2D eigenvalue weighted by molar-refractivity contribution is -0.122. The van der Waals surface area contributed by atoms with Gasteiger partial charge in [-0.05, 0) is 45.4 Å². The molecule has 6 nitrogen and oxygen atoms in total. The number of carbonyl (C=O) groups excluding carboxylic acids is 2. The summed E-state index contributed by atoms with van der Waals surface area (Å²) in [4.78, 5) is 27.9. The average molecular weight is 355 g/mol. The number of aliphatic hydroxyl groups excluding tert-OH is 1. The molecule has 0 aromatic heterocycles. The molecule has 2 amide bonds. The molecule has 2 rings (SSSR count). The lowest BCUT2D eigenvalue weighted by atomic mass is 10.1. The van der Waals surface area contributed by atoms with Crippen LogP contribution in [0.5, 0.6) is 0 Å². The highest BCUT2D eigenvalue weighted by Crippen LogP contribution is 2.25. The number of benzene rings is 1. The Balaban J connectivity index is 2.20. The van der Waals surface area contributed by atoms with Crippen molar-refractivity contribution in [3.8, 4) is 0 Å². The Kier molecular flexibility index (Phi) is 5.72. The molecular weight excluding hydrogens is 332 g/mol. The van der Waals surface area contributed by atoms with Gasteiger partial charge in [-0.1, -0.05) is 17.7 Å². The topological polar surface area (TPSA) is 70.1 Å². The maximum atomic E-state index is 12.5. The Bertz CT molecular complexity index is 615. The van der Waals surface area contributed by atoms with E-state index in [0.29, 0.717) is 23.7 Å². The molecule has 1 N–H and O–H groups in total. The van der Waals surface area contributed by atoms with Gasteiger partial charge in [0.25, 0.3) is 0 Å². The Morgan fingerprint density at radius 2 is 2.12 bits per heavy atom. The smallest absolute Gasteiger partial charge is 0.411 e. The molecule has 1 aliphatic rings. The highest BCUT2D eigenvalue weighted by atomic mass is 35.5. The van der Waals surface area contributed by atoms with Gasteiger partial charge in [-0.25, -0.2) is 4.79 Å². The van der Waals surface area contributed by atoms with E-state index in [2.05, 4.69) is 0 Å². The van der Waals surface area contributed by atoms with Crippen LogP contribution in [-0.4, -0.2) is 53.3 Å². The van der Waals surface area contributed by atoms with Crippen molar-refractivity contribution in [3.05, 3.63) is 29.3 Å². The summed E-state index contributed by atoms with van der Waals surface area (Å²) in [6.45, 7) is 5.44. The van der Waals surface area contributed by atoms with Gasteiger partial charge >= 0.3 is 6.09 Å². The molecule has 0 spiro atoms. The number of hydrogen-bond acceptors (Lipinski definition) is 4. The average Bonchev–Trinajstić information content (AvgIpc) is 2.47. The highest BCUT2D eigenvalue weighted by molar-refractivity contribution is 6.30. The minimum absolute atomic E-state index is 0.0818. The predicted octanol–water partition coefficient (Wildman–Crippen LogP) is 2.67. The second-order valence-electron chi connectivity index (χ2n) is 6.76. The molecule has 1 aromatic rings. The van der Waals surface area contributed by atoms with E-state index in [9.17, 15) is 14.7 Å². The van der Waals surface area contributed by atoms with Gasteiger partial charge in [-0.2, -0.15) is 0 Å². The van der Waals surface area contributed by atoms with Crippen LogP contribution in [0.15, 0.2) is 24.3 Å². The van der Waals surface area contributed by atoms with Crippen molar-refractivity contribution in [2.75, 3.05) is 24.6 Å². The van der Waals surface area contributed by atoms with Crippen molar-refractivity contribution in [2.45, 2.75) is 38.8 Å². The van der Waals surface area contributed by atoms with Gasteiger partial charge in [0.15, 0.2) is 0 Å². The lowest BCUT2D eigenvalue weighted by Crippen LogP contribution is -2.59. The molecule has 0 bridgehead atoms. The summed E-state index contributed by atoms with van der Waals surface area (Å²) in [5, 5.41) is 9.85. The van der Waals surface area contributed by atoms with Crippen LogP contribution in [0.25, 0.3) is 0 Å². The van der Waals surface area contributed by atoms with Gasteiger partial charge in [0.1, 0.15) is 12.1 Å². The summed E-state index contributed by atoms with van der Waals surface area (Å²) < 4.78 is 5.38. The SMILES string of the molecule is CC(C)(C)OC(=O)N1CC(=O)N(c2cccc(Cl)c2)C[C@@H]1CCO. The zero-order chi connectivity index (χ0) is 17.9. The monoisotopic (exact) mass is 354 g/mol. The first-order valence-electron chi connectivity index (χ1n) is 7.87. The molecule has 0 radical (unpaired) electrons. The standard InChI is InChI=1S/C17H23ClN2O4/c1-17(2,3)24-16(23)20-11-15(22)19(10-14(20)7-8-21)13-6-4-5-12(18)9-13/h4-6,9,14,21H,7-8,10-11H2,1-3H3/t14-/m0/s1. The molecule has 0 unspecified atom stereocenters. The summed E-state index contributed by atoms with van der Waals surface area (Å²) in [6, 6.07) is 6.69. The molecule has 1 fully saturated rings. The van der Waals surface area contributed by atoms with Crippen molar-refractivity contribution in [1.29, 1.82) is 0 Å². The van der Waals surface area contributed by atoms with Crippen LogP contribution in [0.4, 0.5) is 10.5 Å². The summed E-state index contributed by atoms with van der Waals surface area (Å²) in [5.41, 5.74) is 0.0350. The number of carbonyl (C=O) groups is 2. The van der Waals surface area contributed by atoms with E-state index in [1.54, 1.807) is 49.9 Å². The summed E-state index contributed by atoms with van der Waals surface area (Å²) in [5.74, 6) is -0.211. The molecule has 1 aliphatic heterocycles. The van der Waals surface area contributed by atoms with Crippen LogP contribution >= 0.6 is 11.6 Å². The van der Waals surface area contributed by atoms with Crippen LogP contribution in [0.3, 0.4) is 0 Å². The van der Waals surface area contributed by atoms with Crippen LogP contribution in [0.2, 0.25) is 5.02 Å². The van der Waals surface area contributed by atoms with Crippen molar-refractivity contribution in [3.63, 3.8) is 0 Å². The Morgan fingerprint density at radius 1 is 1.42 bits per heavy atom. The van der Waals surface area contributed by atoms with Gasteiger partial charge in [0.05, 0.1) is 6.04 Å². The maximum absolute atomic E-state index is 12.5. The molecule has 1 heterocycles. The maximum Gasteiger partial charge on any atom is 0.411 e. The molecule has 132 valence electrons. The molecular formula is C17H23ClN2O4. The summed E-state index contributed by atoms with van der Waals surface area (Å²) in [7, 11) is 0. The molecule has 0 aliphatic carbocycles. The van der Waals surface area contributed by atoms with Gasteiger partial charge in [0.2, 0.25) is 5.91 Å². The fraction of sp³-hybridized carbons (Fsp3) is 0.529. The molecule has 1 aromatic carbocycles.